The van der Waals surface area contributed by atoms with E-state index in [-0.39, 0.29) is 11.8 Å². The summed E-state index contributed by atoms with van der Waals surface area (Å²) in [5, 5.41) is 7.50. The van der Waals surface area contributed by atoms with Gasteiger partial charge in [0.15, 0.2) is 5.13 Å². The second-order valence-electron chi connectivity index (χ2n) is 5.68. The summed E-state index contributed by atoms with van der Waals surface area (Å²) in [5.74, 6) is -0.369. The summed E-state index contributed by atoms with van der Waals surface area (Å²) in [7, 11) is 1.87. The van der Waals surface area contributed by atoms with Crippen molar-refractivity contribution in [1.29, 1.82) is 0 Å². The minimum absolute atomic E-state index is 0.0937. The number of nitrogens with zero attached hydrogens (tertiary/aromatic N) is 4. The van der Waals surface area contributed by atoms with Crippen molar-refractivity contribution in [2.45, 2.75) is 25.7 Å². The standard InChI is InChI=1S/C17H18ClN5OS/c1-3-4-13(16(24)22-17-20-9-15(18)25-17)11-5-6-14(19-7-11)12-8-21-23(2)10-12/h5-10,13H,3-4H2,1-2H3,(H,20,22,24). The molecule has 0 spiro atoms. The van der Waals surface area contributed by atoms with Gasteiger partial charge >= 0.3 is 0 Å². The van der Waals surface area contributed by atoms with Gasteiger partial charge in [-0.1, -0.05) is 42.3 Å². The van der Waals surface area contributed by atoms with Crippen LogP contribution in [0, 0.1) is 0 Å². The van der Waals surface area contributed by atoms with Crippen molar-refractivity contribution in [3.8, 4) is 11.3 Å². The maximum absolute atomic E-state index is 12.6. The number of nitrogens with one attached hydrogen (secondary N) is 1. The third-order valence-electron chi connectivity index (χ3n) is 3.79. The zero-order valence-electron chi connectivity index (χ0n) is 13.9. The van der Waals surface area contributed by atoms with Crippen LogP contribution >= 0.6 is 22.9 Å². The van der Waals surface area contributed by atoms with Crippen LogP contribution in [0.5, 0.6) is 0 Å². The predicted octanol–water partition coefficient (Wildman–Crippen LogP) is 4.11. The molecule has 0 fully saturated rings. The van der Waals surface area contributed by atoms with Crippen molar-refractivity contribution < 1.29 is 4.79 Å². The van der Waals surface area contributed by atoms with Crippen LogP contribution in [-0.2, 0) is 11.8 Å². The molecule has 0 aliphatic rings. The number of pyridine rings is 1. The summed E-state index contributed by atoms with van der Waals surface area (Å²) < 4.78 is 2.28. The lowest BCUT2D eigenvalue weighted by Crippen LogP contribution is -2.21. The fraction of sp³-hybridized carbons (Fsp3) is 0.294. The fourth-order valence-corrected chi connectivity index (χ4v) is 3.39. The first kappa shape index (κ1) is 17.6. The van der Waals surface area contributed by atoms with Gasteiger partial charge in [0.05, 0.1) is 24.0 Å². The monoisotopic (exact) mass is 375 g/mol. The number of aromatic nitrogens is 4. The Hall–Kier alpha value is -2.25. The van der Waals surface area contributed by atoms with E-state index in [4.69, 9.17) is 11.6 Å². The second kappa shape index (κ2) is 7.76. The third-order valence-corrected chi connectivity index (χ3v) is 4.82. The molecule has 0 saturated carbocycles. The molecule has 3 heterocycles. The zero-order chi connectivity index (χ0) is 17.8. The Morgan fingerprint density at radius 1 is 1.32 bits per heavy atom. The van der Waals surface area contributed by atoms with E-state index in [2.05, 4.69) is 27.3 Å². The molecular weight excluding hydrogens is 358 g/mol. The average molecular weight is 376 g/mol. The number of hydrogen-bond acceptors (Lipinski definition) is 5. The molecule has 3 aromatic rings. The Kier molecular flexibility index (Phi) is 5.45. The fourth-order valence-electron chi connectivity index (χ4n) is 2.58. The smallest absolute Gasteiger partial charge is 0.233 e. The minimum atomic E-state index is -0.275. The van der Waals surface area contributed by atoms with Crippen molar-refractivity contribution in [2.75, 3.05) is 5.32 Å². The number of hydrogen-bond donors (Lipinski definition) is 1. The van der Waals surface area contributed by atoms with Crippen LogP contribution in [0.2, 0.25) is 4.34 Å². The highest BCUT2D eigenvalue weighted by Crippen LogP contribution is 2.27. The molecule has 1 unspecified atom stereocenters. The molecule has 0 saturated heterocycles. The lowest BCUT2D eigenvalue weighted by Gasteiger charge is -2.15. The summed E-state index contributed by atoms with van der Waals surface area (Å²) in [5.41, 5.74) is 2.66. The van der Waals surface area contributed by atoms with Crippen molar-refractivity contribution >= 4 is 34.0 Å². The van der Waals surface area contributed by atoms with Crippen LogP contribution in [0.1, 0.15) is 31.2 Å². The number of amides is 1. The Bertz CT molecular complexity index is 858. The summed E-state index contributed by atoms with van der Waals surface area (Å²) >= 11 is 7.11. The number of carbonyl (C=O) groups is 1. The first-order valence-electron chi connectivity index (χ1n) is 7.94. The van der Waals surface area contributed by atoms with Crippen LogP contribution in [0.3, 0.4) is 0 Å². The summed E-state index contributed by atoms with van der Waals surface area (Å²) in [6.07, 6.45) is 8.59. The first-order chi connectivity index (χ1) is 12.1. The van der Waals surface area contributed by atoms with E-state index in [1.807, 2.05) is 25.4 Å². The summed E-state index contributed by atoms with van der Waals surface area (Å²) in [4.78, 5) is 21.2. The molecule has 3 aromatic heterocycles. The largest absolute Gasteiger partial charge is 0.301 e. The molecular formula is C17H18ClN5OS. The Morgan fingerprint density at radius 3 is 2.72 bits per heavy atom. The van der Waals surface area contributed by atoms with Gasteiger partial charge in [-0.25, -0.2) is 4.98 Å². The normalized spacial score (nSPS) is 12.1. The summed E-state index contributed by atoms with van der Waals surface area (Å²) in [6.45, 7) is 2.05. The van der Waals surface area contributed by atoms with Gasteiger partial charge in [0.1, 0.15) is 4.34 Å². The van der Waals surface area contributed by atoms with Gasteiger partial charge in [0.2, 0.25) is 5.91 Å². The topological polar surface area (TPSA) is 72.7 Å². The van der Waals surface area contributed by atoms with Crippen molar-refractivity contribution in [3.05, 3.63) is 46.8 Å². The molecule has 0 aliphatic carbocycles. The molecule has 0 aromatic carbocycles. The SMILES string of the molecule is CCCC(C(=O)Nc1ncc(Cl)s1)c1ccc(-c2cnn(C)c2)nc1. The van der Waals surface area contributed by atoms with Gasteiger partial charge in [0.25, 0.3) is 0 Å². The average Bonchev–Trinajstić information content (AvgIpc) is 3.21. The lowest BCUT2D eigenvalue weighted by molar-refractivity contribution is -0.117. The number of carbonyl (C=O) groups excluding carboxylic acids is 1. The zero-order valence-corrected chi connectivity index (χ0v) is 15.5. The molecule has 25 heavy (non-hydrogen) atoms. The molecule has 0 bridgehead atoms. The van der Waals surface area contributed by atoms with Gasteiger partial charge < -0.3 is 5.32 Å². The van der Waals surface area contributed by atoms with Gasteiger partial charge in [-0.2, -0.15) is 5.10 Å². The van der Waals surface area contributed by atoms with Crippen LogP contribution < -0.4 is 5.32 Å². The van der Waals surface area contributed by atoms with Gasteiger partial charge in [-0.3, -0.25) is 14.5 Å². The highest BCUT2D eigenvalue weighted by molar-refractivity contribution is 7.19. The number of thiazole rings is 1. The van der Waals surface area contributed by atoms with E-state index in [1.165, 1.54) is 17.5 Å². The van der Waals surface area contributed by atoms with Crippen LogP contribution in [0.15, 0.2) is 36.9 Å². The quantitative estimate of drug-likeness (QED) is 0.703. The lowest BCUT2D eigenvalue weighted by atomic mass is 9.94. The van der Waals surface area contributed by atoms with E-state index in [0.29, 0.717) is 9.47 Å². The molecule has 0 radical (unpaired) electrons. The van der Waals surface area contributed by atoms with E-state index in [0.717, 1.165) is 29.7 Å². The molecule has 130 valence electrons. The highest BCUT2D eigenvalue weighted by atomic mass is 35.5. The van der Waals surface area contributed by atoms with E-state index >= 15 is 0 Å². The van der Waals surface area contributed by atoms with E-state index in [1.54, 1.807) is 17.1 Å². The third kappa shape index (κ3) is 4.24. The molecule has 6 nitrogen and oxygen atoms in total. The maximum Gasteiger partial charge on any atom is 0.233 e. The van der Waals surface area contributed by atoms with Crippen molar-refractivity contribution in [3.63, 3.8) is 0 Å². The second-order valence-corrected chi connectivity index (χ2v) is 7.34. The molecule has 1 N–H and O–H groups in total. The van der Waals surface area contributed by atoms with E-state index < -0.39 is 0 Å². The van der Waals surface area contributed by atoms with Gasteiger partial charge in [0, 0.05) is 25.0 Å². The Morgan fingerprint density at radius 2 is 2.16 bits per heavy atom. The van der Waals surface area contributed by atoms with Crippen LogP contribution in [0.4, 0.5) is 5.13 Å². The molecule has 1 amide bonds. The maximum atomic E-state index is 12.6. The van der Waals surface area contributed by atoms with Crippen LogP contribution in [-0.4, -0.2) is 25.7 Å². The van der Waals surface area contributed by atoms with Gasteiger partial charge in [-0.15, -0.1) is 0 Å². The first-order valence-corrected chi connectivity index (χ1v) is 9.13. The number of halogens is 1. The predicted molar refractivity (Wildman–Crippen MR) is 99.8 cm³/mol. The minimum Gasteiger partial charge on any atom is -0.301 e. The number of aryl methyl sites for hydroxylation is 1. The van der Waals surface area contributed by atoms with Gasteiger partial charge in [-0.05, 0) is 18.1 Å². The Balaban J connectivity index is 1.78. The number of anilines is 1. The van der Waals surface area contributed by atoms with E-state index in [9.17, 15) is 4.79 Å². The number of rotatable bonds is 6. The van der Waals surface area contributed by atoms with Crippen LogP contribution in [0.25, 0.3) is 11.3 Å². The molecule has 1 atom stereocenters. The highest BCUT2D eigenvalue weighted by Gasteiger charge is 2.21. The van der Waals surface area contributed by atoms with Crippen molar-refractivity contribution in [1.82, 2.24) is 19.7 Å². The summed E-state index contributed by atoms with van der Waals surface area (Å²) in [6, 6.07) is 3.87. The molecule has 8 heteroatoms. The van der Waals surface area contributed by atoms with Crippen molar-refractivity contribution in [2.24, 2.45) is 7.05 Å². The molecule has 0 aliphatic heterocycles. The Labute approximate surface area is 154 Å². The molecule has 3 rings (SSSR count).